The molecular formula is C8H13F2NO4. The summed E-state index contributed by atoms with van der Waals surface area (Å²) in [6.45, 7) is -0.570. The van der Waals surface area contributed by atoms with Crippen molar-refractivity contribution in [2.75, 3.05) is 19.8 Å². The van der Waals surface area contributed by atoms with E-state index in [0.29, 0.717) is 0 Å². The molecule has 2 N–H and O–H groups in total. The van der Waals surface area contributed by atoms with E-state index in [1.54, 1.807) is 0 Å². The lowest BCUT2D eigenvalue weighted by Gasteiger charge is -2.05. The van der Waals surface area contributed by atoms with Crippen molar-refractivity contribution in [3.63, 3.8) is 0 Å². The van der Waals surface area contributed by atoms with Crippen molar-refractivity contribution in [3.8, 4) is 0 Å². The molecule has 15 heavy (non-hydrogen) atoms. The number of aliphatic carboxylic acids is 1. The monoisotopic (exact) mass is 225 g/mol. The Morgan fingerprint density at radius 3 is 2.53 bits per heavy atom. The molecule has 0 rings (SSSR count). The lowest BCUT2D eigenvalue weighted by molar-refractivity contribution is -0.138. The summed E-state index contributed by atoms with van der Waals surface area (Å²) in [5.74, 6) is -1.49. The number of halogens is 2. The van der Waals surface area contributed by atoms with Crippen molar-refractivity contribution in [2.24, 2.45) is 0 Å². The minimum atomic E-state index is -2.52. The number of rotatable bonds is 8. The van der Waals surface area contributed by atoms with Gasteiger partial charge in [0.1, 0.15) is 6.61 Å². The van der Waals surface area contributed by atoms with Crippen LogP contribution in [0.1, 0.15) is 12.8 Å². The summed E-state index contributed by atoms with van der Waals surface area (Å²) in [6, 6.07) is 0. The molecule has 0 spiro atoms. The largest absolute Gasteiger partial charge is 0.481 e. The van der Waals surface area contributed by atoms with E-state index in [-0.39, 0.29) is 26.0 Å². The maximum absolute atomic E-state index is 11.6. The molecule has 7 heteroatoms. The Balaban J connectivity index is 3.28. The molecule has 0 aromatic carbocycles. The number of carbonyl (C=O) groups is 2. The average Bonchev–Trinajstić information content (AvgIpc) is 2.13. The van der Waals surface area contributed by atoms with Gasteiger partial charge in [-0.2, -0.15) is 0 Å². The van der Waals surface area contributed by atoms with Gasteiger partial charge in [0.15, 0.2) is 0 Å². The highest BCUT2D eigenvalue weighted by molar-refractivity contribution is 5.80. The molecule has 0 aromatic heterocycles. The van der Waals surface area contributed by atoms with Crippen LogP contribution in [0, 0.1) is 0 Å². The molecule has 0 radical (unpaired) electrons. The third-order valence-corrected chi connectivity index (χ3v) is 1.38. The molecule has 0 aliphatic heterocycles. The topological polar surface area (TPSA) is 75.6 Å². The lowest BCUT2D eigenvalue weighted by atomic mass is 10.3. The van der Waals surface area contributed by atoms with Gasteiger partial charge in [-0.1, -0.05) is 0 Å². The third kappa shape index (κ3) is 10.7. The number of carboxylic acid groups (broad SMARTS) is 1. The summed E-state index contributed by atoms with van der Waals surface area (Å²) < 4.78 is 27.6. The van der Waals surface area contributed by atoms with Gasteiger partial charge in [-0.3, -0.25) is 9.59 Å². The molecule has 0 aliphatic rings. The van der Waals surface area contributed by atoms with Gasteiger partial charge in [0.05, 0.1) is 13.0 Å². The maximum Gasteiger partial charge on any atom is 0.303 e. The fourth-order valence-electron chi connectivity index (χ4n) is 0.744. The van der Waals surface area contributed by atoms with E-state index in [2.05, 4.69) is 10.1 Å². The second-order valence-corrected chi connectivity index (χ2v) is 2.71. The van der Waals surface area contributed by atoms with E-state index in [1.165, 1.54) is 0 Å². The van der Waals surface area contributed by atoms with Crippen LogP contribution in [0.4, 0.5) is 8.78 Å². The van der Waals surface area contributed by atoms with E-state index in [1.807, 2.05) is 0 Å². The van der Waals surface area contributed by atoms with Gasteiger partial charge in [-0.15, -0.1) is 0 Å². The van der Waals surface area contributed by atoms with Crippen LogP contribution in [0.3, 0.4) is 0 Å². The van der Waals surface area contributed by atoms with Crippen LogP contribution in [0.15, 0.2) is 0 Å². The highest BCUT2D eigenvalue weighted by atomic mass is 19.3. The summed E-state index contributed by atoms with van der Waals surface area (Å²) in [6.07, 6.45) is -2.89. The number of carbonyl (C=O) groups excluding carboxylic acids is 1. The third-order valence-electron chi connectivity index (χ3n) is 1.38. The normalized spacial score (nSPS) is 10.3. The predicted octanol–water partition coefficient (Wildman–Crippen LogP) is 0.249. The van der Waals surface area contributed by atoms with E-state index < -0.39 is 24.9 Å². The molecule has 0 aliphatic carbocycles. The van der Waals surface area contributed by atoms with Crippen molar-refractivity contribution >= 4 is 11.9 Å². The minimum Gasteiger partial charge on any atom is -0.481 e. The summed E-state index contributed by atoms with van der Waals surface area (Å²) >= 11 is 0. The van der Waals surface area contributed by atoms with Gasteiger partial charge in [-0.05, 0) is 0 Å². The number of hydrogen-bond acceptors (Lipinski definition) is 3. The Kier molecular flexibility index (Phi) is 7.43. The first-order valence-electron chi connectivity index (χ1n) is 4.36. The van der Waals surface area contributed by atoms with E-state index in [4.69, 9.17) is 5.11 Å². The lowest BCUT2D eigenvalue weighted by Crippen LogP contribution is -2.28. The van der Waals surface area contributed by atoms with Gasteiger partial charge < -0.3 is 15.2 Å². The van der Waals surface area contributed by atoms with Gasteiger partial charge >= 0.3 is 5.97 Å². The summed E-state index contributed by atoms with van der Waals surface area (Å²) in [4.78, 5) is 20.9. The molecule has 0 bridgehead atoms. The Bertz CT molecular complexity index is 211. The molecule has 0 unspecified atom stereocenters. The molecular weight excluding hydrogens is 212 g/mol. The molecule has 5 nitrogen and oxygen atoms in total. The number of carboxylic acids is 1. The first-order chi connectivity index (χ1) is 7.02. The molecule has 0 saturated heterocycles. The number of ether oxygens (including phenoxy) is 1. The van der Waals surface area contributed by atoms with Crippen molar-refractivity contribution in [1.29, 1.82) is 0 Å². The van der Waals surface area contributed by atoms with Gasteiger partial charge in [0.25, 0.3) is 6.43 Å². The van der Waals surface area contributed by atoms with E-state index in [0.717, 1.165) is 0 Å². The highest BCUT2D eigenvalue weighted by Gasteiger charge is 2.05. The van der Waals surface area contributed by atoms with Crippen LogP contribution in [0.25, 0.3) is 0 Å². The van der Waals surface area contributed by atoms with E-state index >= 15 is 0 Å². The summed E-state index contributed by atoms with van der Waals surface area (Å²) in [5.41, 5.74) is 0. The van der Waals surface area contributed by atoms with Crippen LogP contribution < -0.4 is 5.32 Å². The summed E-state index contributed by atoms with van der Waals surface area (Å²) in [5, 5.41) is 10.6. The zero-order chi connectivity index (χ0) is 11.7. The Hall–Kier alpha value is -1.24. The van der Waals surface area contributed by atoms with Crippen LogP contribution in [0.2, 0.25) is 0 Å². The molecule has 88 valence electrons. The maximum atomic E-state index is 11.6. The molecule has 1 amide bonds. The Labute approximate surface area is 85.4 Å². The zero-order valence-corrected chi connectivity index (χ0v) is 8.04. The minimum absolute atomic E-state index is 0.0108. The van der Waals surface area contributed by atoms with Crippen LogP contribution in [0.5, 0.6) is 0 Å². The number of amides is 1. The van der Waals surface area contributed by atoms with Crippen molar-refractivity contribution in [2.45, 2.75) is 19.3 Å². The molecule has 0 fully saturated rings. The molecule has 0 saturated carbocycles. The van der Waals surface area contributed by atoms with Crippen LogP contribution in [-0.2, 0) is 14.3 Å². The second kappa shape index (κ2) is 8.10. The van der Waals surface area contributed by atoms with Gasteiger partial charge in [-0.25, -0.2) is 8.78 Å². The second-order valence-electron chi connectivity index (χ2n) is 2.71. The van der Waals surface area contributed by atoms with Gasteiger partial charge in [0, 0.05) is 13.0 Å². The fraction of sp³-hybridized carbons (Fsp3) is 0.750. The van der Waals surface area contributed by atoms with E-state index in [9.17, 15) is 18.4 Å². The SMILES string of the molecule is O=C(O)CCC(=O)NCCOCC(F)F. The number of hydrogen-bond donors (Lipinski definition) is 2. The molecule has 0 aromatic rings. The number of nitrogens with one attached hydrogen (secondary N) is 1. The highest BCUT2D eigenvalue weighted by Crippen LogP contribution is 1.92. The van der Waals surface area contributed by atoms with Crippen molar-refractivity contribution in [1.82, 2.24) is 5.32 Å². The zero-order valence-electron chi connectivity index (χ0n) is 8.04. The Morgan fingerprint density at radius 2 is 2.00 bits per heavy atom. The predicted molar refractivity (Wildman–Crippen MR) is 46.7 cm³/mol. The smallest absolute Gasteiger partial charge is 0.303 e. The molecule has 0 heterocycles. The first kappa shape index (κ1) is 13.8. The standard InChI is InChI=1S/C8H13F2NO4/c9-6(10)5-15-4-3-11-7(12)1-2-8(13)14/h6H,1-5H2,(H,11,12)(H,13,14). The van der Waals surface area contributed by atoms with Crippen LogP contribution in [-0.4, -0.2) is 43.2 Å². The van der Waals surface area contributed by atoms with Gasteiger partial charge in [0.2, 0.25) is 5.91 Å². The summed E-state index contributed by atoms with van der Waals surface area (Å²) in [7, 11) is 0. The van der Waals surface area contributed by atoms with Crippen molar-refractivity contribution in [3.05, 3.63) is 0 Å². The fourth-order valence-corrected chi connectivity index (χ4v) is 0.744. The molecule has 0 atom stereocenters. The quantitative estimate of drug-likeness (QED) is 0.580. The Morgan fingerprint density at radius 1 is 1.33 bits per heavy atom. The van der Waals surface area contributed by atoms with Crippen molar-refractivity contribution < 1.29 is 28.2 Å². The first-order valence-corrected chi connectivity index (χ1v) is 4.36. The number of alkyl halides is 2. The van der Waals surface area contributed by atoms with Crippen LogP contribution >= 0.6 is 0 Å². The average molecular weight is 225 g/mol.